The normalized spacial score (nSPS) is 26.2. The first-order chi connectivity index (χ1) is 5.92. The highest BCUT2D eigenvalue weighted by Crippen LogP contribution is 2.30. The molecule has 0 aromatic heterocycles. The quantitative estimate of drug-likeness (QED) is 0.620. The Labute approximate surface area is 71.6 Å². The maximum absolute atomic E-state index is 9.05. The second kappa shape index (κ2) is 3.07. The zero-order valence-electron chi connectivity index (χ0n) is 6.77. The summed E-state index contributed by atoms with van der Waals surface area (Å²) in [5, 5.41) is 9.05. The van der Waals surface area contributed by atoms with E-state index in [0.717, 1.165) is 17.7 Å². The van der Waals surface area contributed by atoms with Gasteiger partial charge in [0.2, 0.25) is 0 Å². The molecule has 2 heteroatoms. The molecule has 2 rings (SSSR count). The second-order valence-electron chi connectivity index (χ2n) is 2.99. The molecule has 0 saturated carbocycles. The van der Waals surface area contributed by atoms with E-state index >= 15 is 0 Å². The summed E-state index contributed by atoms with van der Waals surface area (Å²) in [6.07, 6.45) is 10.8. The molecule has 0 aromatic carbocycles. The fraction of sp³-hybridized carbons (Fsp3) is 0.300. The van der Waals surface area contributed by atoms with Crippen molar-refractivity contribution in [3.05, 3.63) is 35.6 Å². The number of hydrogen-bond donors (Lipinski definition) is 1. The third-order valence-electron chi connectivity index (χ3n) is 2.27. The van der Waals surface area contributed by atoms with Gasteiger partial charge in [-0.05, 0) is 24.1 Å². The number of hydrogen-bond acceptors (Lipinski definition) is 2. The van der Waals surface area contributed by atoms with Crippen molar-refractivity contribution < 1.29 is 5.11 Å². The van der Waals surface area contributed by atoms with Crippen molar-refractivity contribution in [2.75, 3.05) is 6.61 Å². The average molecular weight is 161 g/mol. The Morgan fingerprint density at radius 3 is 3.25 bits per heavy atom. The van der Waals surface area contributed by atoms with Gasteiger partial charge in [0.05, 0.1) is 6.61 Å². The van der Waals surface area contributed by atoms with E-state index in [2.05, 4.69) is 11.1 Å². The van der Waals surface area contributed by atoms with Crippen LogP contribution < -0.4 is 0 Å². The van der Waals surface area contributed by atoms with Crippen LogP contribution >= 0.6 is 0 Å². The number of aliphatic imine (C=N–C) groups is 1. The smallest absolute Gasteiger partial charge is 0.0652 e. The summed E-state index contributed by atoms with van der Waals surface area (Å²) in [5.74, 6) is 0.324. The van der Waals surface area contributed by atoms with Crippen LogP contribution in [-0.2, 0) is 0 Å². The van der Waals surface area contributed by atoms with Gasteiger partial charge in [0, 0.05) is 17.8 Å². The lowest BCUT2D eigenvalue weighted by Gasteiger charge is -2.22. The van der Waals surface area contributed by atoms with Crippen LogP contribution in [-0.4, -0.2) is 17.9 Å². The number of nitrogens with zero attached hydrogens (tertiary/aromatic N) is 1. The topological polar surface area (TPSA) is 32.6 Å². The highest BCUT2D eigenvalue weighted by molar-refractivity contribution is 5.76. The number of rotatable bonds is 1. The molecule has 1 aliphatic carbocycles. The SMILES string of the molecule is OCC1=CC=NC2=CC=CCC12. The first-order valence-corrected chi connectivity index (χ1v) is 4.12. The van der Waals surface area contributed by atoms with Crippen LogP contribution in [0.3, 0.4) is 0 Å². The molecule has 2 nitrogen and oxygen atoms in total. The van der Waals surface area contributed by atoms with Gasteiger partial charge in [-0.3, -0.25) is 4.99 Å². The van der Waals surface area contributed by atoms with Crippen molar-refractivity contribution in [2.45, 2.75) is 6.42 Å². The molecule has 0 radical (unpaired) electrons. The van der Waals surface area contributed by atoms with Gasteiger partial charge in [0.1, 0.15) is 0 Å². The summed E-state index contributed by atoms with van der Waals surface area (Å²) in [4.78, 5) is 4.25. The van der Waals surface area contributed by atoms with E-state index in [0.29, 0.717) is 5.92 Å². The molecule has 0 fully saturated rings. The monoisotopic (exact) mass is 161 g/mol. The van der Waals surface area contributed by atoms with Crippen LogP contribution in [0.2, 0.25) is 0 Å². The van der Waals surface area contributed by atoms with E-state index in [4.69, 9.17) is 5.11 Å². The first kappa shape index (κ1) is 7.50. The van der Waals surface area contributed by atoms with Crippen LogP contribution in [0.1, 0.15) is 6.42 Å². The summed E-state index contributed by atoms with van der Waals surface area (Å²) in [7, 11) is 0. The Morgan fingerprint density at radius 2 is 2.42 bits per heavy atom. The third kappa shape index (κ3) is 1.14. The number of allylic oxidation sites excluding steroid dienone is 5. The average Bonchev–Trinajstić information content (AvgIpc) is 2.17. The molecule has 1 N–H and O–H groups in total. The highest BCUT2D eigenvalue weighted by Gasteiger charge is 2.20. The Balaban J connectivity index is 2.32. The van der Waals surface area contributed by atoms with Gasteiger partial charge < -0.3 is 5.11 Å². The second-order valence-corrected chi connectivity index (χ2v) is 2.99. The summed E-state index contributed by atoms with van der Waals surface area (Å²) in [6, 6.07) is 0. The summed E-state index contributed by atoms with van der Waals surface area (Å²) in [6.45, 7) is 0.141. The van der Waals surface area contributed by atoms with Gasteiger partial charge in [-0.25, -0.2) is 0 Å². The largest absolute Gasteiger partial charge is 0.392 e. The van der Waals surface area contributed by atoms with Crippen molar-refractivity contribution in [1.29, 1.82) is 0 Å². The van der Waals surface area contributed by atoms with Crippen molar-refractivity contribution >= 4 is 6.21 Å². The molecule has 2 aliphatic rings. The third-order valence-corrected chi connectivity index (χ3v) is 2.27. The van der Waals surface area contributed by atoms with Gasteiger partial charge in [-0.1, -0.05) is 12.2 Å². The number of fused-ring (bicyclic) bond motifs is 1. The zero-order valence-corrected chi connectivity index (χ0v) is 6.77. The lowest BCUT2D eigenvalue weighted by atomic mass is 9.88. The fourth-order valence-electron chi connectivity index (χ4n) is 1.59. The lowest BCUT2D eigenvalue weighted by Crippen LogP contribution is -2.14. The molecule has 62 valence electrons. The van der Waals surface area contributed by atoms with Gasteiger partial charge in [-0.15, -0.1) is 0 Å². The van der Waals surface area contributed by atoms with Crippen molar-refractivity contribution in [3.8, 4) is 0 Å². The highest BCUT2D eigenvalue weighted by atomic mass is 16.3. The van der Waals surface area contributed by atoms with E-state index < -0.39 is 0 Å². The van der Waals surface area contributed by atoms with Crippen LogP contribution in [0.25, 0.3) is 0 Å². The van der Waals surface area contributed by atoms with Crippen molar-refractivity contribution in [3.63, 3.8) is 0 Å². The maximum atomic E-state index is 9.05. The zero-order chi connectivity index (χ0) is 8.39. The maximum Gasteiger partial charge on any atom is 0.0652 e. The number of aliphatic hydroxyl groups is 1. The van der Waals surface area contributed by atoms with E-state index in [9.17, 15) is 0 Å². The lowest BCUT2D eigenvalue weighted by molar-refractivity contribution is 0.317. The molecule has 12 heavy (non-hydrogen) atoms. The molecule has 0 spiro atoms. The molecule has 1 aliphatic heterocycles. The van der Waals surface area contributed by atoms with E-state index in [1.165, 1.54) is 0 Å². The summed E-state index contributed by atoms with van der Waals surface area (Å²) < 4.78 is 0. The summed E-state index contributed by atoms with van der Waals surface area (Å²) in [5.41, 5.74) is 2.14. The number of dihydropyridines is 1. The molecular formula is C10H11NO. The number of aliphatic hydroxyl groups excluding tert-OH is 1. The minimum Gasteiger partial charge on any atom is -0.392 e. The fourth-order valence-corrected chi connectivity index (χ4v) is 1.59. The Bertz CT molecular complexity index is 297. The van der Waals surface area contributed by atoms with E-state index in [1.807, 2.05) is 18.2 Å². The van der Waals surface area contributed by atoms with E-state index in [-0.39, 0.29) is 6.61 Å². The molecule has 0 amide bonds. The molecular weight excluding hydrogens is 150 g/mol. The van der Waals surface area contributed by atoms with Crippen LogP contribution in [0.4, 0.5) is 0 Å². The standard InChI is InChI=1S/C10H11NO/c12-7-8-5-6-11-10-4-2-1-3-9(8)10/h1-2,4-6,9,12H,3,7H2. The Morgan fingerprint density at radius 1 is 1.50 bits per heavy atom. The minimum atomic E-state index is 0.141. The molecule has 0 aromatic rings. The van der Waals surface area contributed by atoms with Crippen molar-refractivity contribution in [1.82, 2.24) is 0 Å². The molecule has 0 saturated heterocycles. The first-order valence-electron chi connectivity index (χ1n) is 4.12. The molecule has 1 atom stereocenters. The van der Waals surface area contributed by atoms with Crippen LogP contribution in [0.15, 0.2) is 40.6 Å². The van der Waals surface area contributed by atoms with Gasteiger partial charge in [-0.2, -0.15) is 0 Å². The van der Waals surface area contributed by atoms with Gasteiger partial charge in [0.25, 0.3) is 0 Å². The van der Waals surface area contributed by atoms with E-state index in [1.54, 1.807) is 6.21 Å². The minimum absolute atomic E-state index is 0.141. The summed E-state index contributed by atoms with van der Waals surface area (Å²) >= 11 is 0. The molecule has 1 unspecified atom stereocenters. The Hall–Kier alpha value is -1.15. The predicted octanol–water partition coefficient (Wildman–Crippen LogP) is 1.45. The predicted molar refractivity (Wildman–Crippen MR) is 49.0 cm³/mol. The molecule has 1 heterocycles. The van der Waals surface area contributed by atoms with Gasteiger partial charge >= 0.3 is 0 Å². The van der Waals surface area contributed by atoms with Crippen molar-refractivity contribution in [2.24, 2.45) is 10.9 Å². The molecule has 0 bridgehead atoms. The van der Waals surface area contributed by atoms with Gasteiger partial charge in [0.15, 0.2) is 0 Å². The van der Waals surface area contributed by atoms with Crippen LogP contribution in [0, 0.1) is 5.92 Å². The Kier molecular flexibility index (Phi) is 1.92. The van der Waals surface area contributed by atoms with Crippen LogP contribution in [0.5, 0.6) is 0 Å².